The summed E-state index contributed by atoms with van der Waals surface area (Å²) < 4.78 is 17.4. The fourth-order valence-electron chi connectivity index (χ4n) is 4.61. The van der Waals surface area contributed by atoms with Crippen LogP contribution in [0.4, 0.5) is 0 Å². The zero-order valence-electron chi connectivity index (χ0n) is 25.0. The average molecular weight is 553 g/mol. The average Bonchev–Trinajstić information content (AvgIpc) is 3.16. The van der Waals surface area contributed by atoms with Crippen LogP contribution in [0.5, 0.6) is 17.2 Å². The summed E-state index contributed by atoms with van der Waals surface area (Å²) >= 11 is 0. The molecule has 1 N–H and O–H groups in total. The molecule has 1 unspecified atom stereocenters. The Bertz CT molecular complexity index is 1220. The maximum atomic E-state index is 13.4. The Kier molecular flexibility index (Phi) is 11.0. The molecule has 1 aliphatic rings. The van der Waals surface area contributed by atoms with E-state index in [1.54, 1.807) is 31.4 Å². The van der Waals surface area contributed by atoms with Gasteiger partial charge in [0.1, 0.15) is 11.5 Å². The van der Waals surface area contributed by atoms with E-state index in [9.17, 15) is 14.7 Å². The topological polar surface area (TPSA) is 88.5 Å². The van der Waals surface area contributed by atoms with Gasteiger partial charge in [0.2, 0.25) is 0 Å². The number of carbonyl (C=O) groups excluding carboxylic acids is 2. The van der Waals surface area contributed by atoms with Crippen molar-refractivity contribution in [1.29, 1.82) is 0 Å². The second-order valence-corrected chi connectivity index (χ2v) is 10.9. The number of likely N-dealkylation sites (N-methyl/N-ethyl adjacent to an activating group) is 1. The number of aliphatic hydroxyl groups is 1. The van der Waals surface area contributed by atoms with Crippen molar-refractivity contribution in [2.24, 2.45) is 5.92 Å². The number of rotatable bonds is 14. The number of amides is 1. The van der Waals surface area contributed by atoms with Gasteiger partial charge in [-0.05, 0) is 81.2 Å². The summed E-state index contributed by atoms with van der Waals surface area (Å²) in [7, 11) is 5.38. The smallest absolute Gasteiger partial charge is 0.295 e. The Morgan fingerprint density at radius 3 is 2.42 bits per heavy atom. The largest absolute Gasteiger partial charge is 0.507 e. The van der Waals surface area contributed by atoms with Crippen molar-refractivity contribution >= 4 is 17.4 Å². The van der Waals surface area contributed by atoms with Crippen LogP contribution in [-0.2, 0) is 9.59 Å². The van der Waals surface area contributed by atoms with Crippen molar-refractivity contribution in [3.63, 3.8) is 0 Å². The van der Waals surface area contributed by atoms with Crippen LogP contribution in [0.2, 0.25) is 0 Å². The lowest BCUT2D eigenvalue weighted by Gasteiger charge is -2.27. The molecule has 40 heavy (non-hydrogen) atoms. The molecule has 0 radical (unpaired) electrons. The molecule has 1 aliphatic heterocycles. The number of methoxy groups -OCH3 is 1. The van der Waals surface area contributed by atoms with Gasteiger partial charge in [-0.15, -0.1) is 0 Å². The first-order valence-electron chi connectivity index (χ1n) is 14.1. The third-order valence-electron chi connectivity index (χ3n) is 7.00. The van der Waals surface area contributed by atoms with Gasteiger partial charge in [0, 0.05) is 18.7 Å². The second kappa shape index (κ2) is 14.2. The van der Waals surface area contributed by atoms with Crippen LogP contribution in [0.15, 0.2) is 42.0 Å². The number of carbonyl (C=O) groups is 2. The molecule has 2 aromatic carbocycles. The summed E-state index contributed by atoms with van der Waals surface area (Å²) in [4.78, 5) is 30.2. The van der Waals surface area contributed by atoms with Crippen molar-refractivity contribution in [2.75, 3.05) is 47.5 Å². The highest BCUT2D eigenvalue weighted by atomic mass is 16.5. The van der Waals surface area contributed by atoms with Gasteiger partial charge in [0.05, 0.1) is 31.9 Å². The standard InChI is InChI=1S/C32H44N2O6/c1-8-9-17-39-24-11-12-25(22(4)19-24)30(35)28-29(34(16-15-33(5)6)32(37)31(28)36)23-10-13-26(27(20-23)38-7)40-18-14-21(2)3/h10-13,19-21,29,35H,8-9,14-18H2,1-7H3/b30-28+. The number of hydrogen-bond donors (Lipinski definition) is 1. The van der Waals surface area contributed by atoms with E-state index in [-0.39, 0.29) is 11.3 Å². The maximum Gasteiger partial charge on any atom is 0.295 e. The van der Waals surface area contributed by atoms with E-state index < -0.39 is 17.7 Å². The number of ether oxygens (including phenoxy) is 3. The summed E-state index contributed by atoms with van der Waals surface area (Å²) in [5.41, 5.74) is 1.95. The van der Waals surface area contributed by atoms with Crippen LogP contribution in [0.25, 0.3) is 5.76 Å². The molecule has 1 amide bonds. The van der Waals surface area contributed by atoms with E-state index >= 15 is 0 Å². The second-order valence-electron chi connectivity index (χ2n) is 10.9. The SMILES string of the molecule is CCCCOc1ccc(/C(O)=C2\C(=O)C(=O)N(CCN(C)C)C2c2ccc(OCCC(C)C)c(OC)c2)c(C)c1. The van der Waals surface area contributed by atoms with Gasteiger partial charge in [-0.2, -0.15) is 0 Å². The molecule has 218 valence electrons. The molecule has 0 bridgehead atoms. The van der Waals surface area contributed by atoms with E-state index in [4.69, 9.17) is 14.2 Å². The first kappa shape index (κ1) is 31.0. The van der Waals surface area contributed by atoms with Crippen LogP contribution < -0.4 is 14.2 Å². The maximum absolute atomic E-state index is 13.4. The molecule has 0 aliphatic carbocycles. The molecule has 0 saturated carbocycles. The molecule has 8 nitrogen and oxygen atoms in total. The van der Waals surface area contributed by atoms with Crippen LogP contribution in [0, 0.1) is 12.8 Å². The molecular weight excluding hydrogens is 508 g/mol. The molecule has 1 fully saturated rings. The third-order valence-corrected chi connectivity index (χ3v) is 7.00. The quantitative estimate of drug-likeness (QED) is 0.141. The van der Waals surface area contributed by atoms with Crippen LogP contribution in [0.1, 0.15) is 62.8 Å². The van der Waals surface area contributed by atoms with Crippen molar-refractivity contribution < 1.29 is 28.9 Å². The van der Waals surface area contributed by atoms with Crippen molar-refractivity contribution in [3.05, 3.63) is 58.7 Å². The number of aryl methyl sites for hydroxylation is 1. The Morgan fingerprint density at radius 2 is 1.80 bits per heavy atom. The van der Waals surface area contributed by atoms with E-state index in [1.807, 2.05) is 38.1 Å². The number of Topliss-reactive ketones (excluding diaryl/α,β-unsaturated/α-hetero) is 1. The van der Waals surface area contributed by atoms with E-state index in [1.165, 1.54) is 4.90 Å². The van der Waals surface area contributed by atoms with Crippen LogP contribution >= 0.6 is 0 Å². The minimum absolute atomic E-state index is 0.0574. The van der Waals surface area contributed by atoms with Crippen LogP contribution in [-0.4, -0.2) is 74.1 Å². The molecule has 0 spiro atoms. The summed E-state index contributed by atoms with van der Waals surface area (Å²) in [5.74, 6) is 0.743. The Morgan fingerprint density at radius 1 is 1.05 bits per heavy atom. The molecular formula is C32H44N2O6. The Balaban J connectivity index is 2.07. The number of aliphatic hydroxyl groups excluding tert-OH is 1. The van der Waals surface area contributed by atoms with Gasteiger partial charge in [-0.3, -0.25) is 9.59 Å². The zero-order chi connectivity index (χ0) is 29.4. The van der Waals surface area contributed by atoms with Crippen molar-refractivity contribution in [1.82, 2.24) is 9.80 Å². The number of nitrogens with zero attached hydrogens (tertiary/aromatic N) is 2. The van der Waals surface area contributed by atoms with E-state index in [0.29, 0.717) is 60.6 Å². The first-order chi connectivity index (χ1) is 19.1. The summed E-state index contributed by atoms with van der Waals surface area (Å²) in [6, 6.07) is 10.00. The first-order valence-corrected chi connectivity index (χ1v) is 14.1. The predicted molar refractivity (Wildman–Crippen MR) is 157 cm³/mol. The lowest BCUT2D eigenvalue weighted by molar-refractivity contribution is -0.140. The Hall–Kier alpha value is -3.52. The lowest BCUT2D eigenvalue weighted by atomic mass is 9.93. The highest BCUT2D eigenvalue weighted by Crippen LogP contribution is 2.42. The van der Waals surface area contributed by atoms with Gasteiger partial charge in [-0.1, -0.05) is 33.3 Å². The molecule has 2 aromatic rings. The summed E-state index contributed by atoms with van der Waals surface area (Å²) in [5, 5.41) is 11.5. The summed E-state index contributed by atoms with van der Waals surface area (Å²) in [6.45, 7) is 10.2. The minimum atomic E-state index is -0.779. The normalized spacial score (nSPS) is 16.7. The number of likely N-dealkylation sites (tertiary alicyclic amines) is 1. The third kappa shape index (κ3) is 7.36. The van der Waals surface area contributed by atoms with E-state index in [0.717, 1.165) is 24.8 Å². The molecule has 3 rings (SSSR count). The molecule has 8 heteroatoms. The highest BCUT2D eigenvalue weighted by Gasteiger charge is 2.46. The molecule has 1 heterocycles. The van der Waals surface area contributed by atoms with Crippen LogP contribution in [0.3, 0.4) is 0 Å². The Labute approximate surface area is 238 Å². The van der Waals surface area contributed by atoms with Gasteiger partial charge in [-0.25, -0.2) is 0 Å². The van der Waals surface area contributed by atoms with Crippen molar-refractivity contribution in [2.45, 2.75) is 53.0 Å². The van der Waals surface area contributed by atoms with Gasteiger partial charge in [0.25, 0.3) is 11.7 Å². The number of unbranched alkanes of at least 4 members (excludes halogenated alkanes) is 1. The number of ketones is 1. The van der Waals surface area contributed by atoms with Gasteiger partial charge in [0.15, 0.2) is 11.5 Å². The number of hydrogen-bond acceptors (Lipinski definition) is 7. The monoisotopic (exact) mass is 552 g/mol. The zero-order valence-corrected chi connectivity index (χ0v) is 25.0. The predicted octanol–water partition coefficient (Wildman–Crippen LogP) is 5.59. The highest BCUT2D eigenvalue weighted by molar-refractivity contribution is 6.46. The van der Waals surface area contributed by atoms with Crippen molar-refractivity contribution in [3.8, 4) is 17.2 Å². The lowest BCUT2D eigenvalue weighted by Crippen LogP contribution is -2.35. The summed E-state index contributed by atoms with van der Waals surface area (Å²) in [6.07, 6.45) is 2.88. The van der Waals surface area contributed by atoms with Gasteiger partial charge >= 0.3 is 0 Å². The molecule has 0 aromatic heterocycles. The molecule has 1 saturated heterocycles. The fourth-order valence-corrected chi connectivity index (χ4v) is 4.61. The minimum Gasteiger partial charge on any atom is -0.507 e. The number of benzene rings is 2. The molecule has 1 atom stereocenters. The fraction of sp³-hybridized carbons (Fsp3) is 0.500. The van der Waals surface area contributed by atoms with Gasteiger partial charge < -0.3 is 29.1 Å². The van der Waals surface area contributed by atoms with E-state index in [2.05, 4.69) is 20.8 Å².